The van der Waals surface area contributed by atoms with Gasteiger partial charge in [0, 0.05) is 30.6 Å². The van der Waals surface area contributed by atoms with Crippen LogP contribution in [0.2, 0.25) is 0 Å². The van der Waals surface area contributed by atoms with Crippen molar-refractivity contribution in [3.63, 3.8) is 0 Å². The average molecular weight is 288 g/mol. The molecule has 4 nitrogen and oxygen atoms in total. The summed E-state index contributed by atoms with van der Waals surface area (Å²) >= 11 is 0. The molecule has 0 radical (unpaired) electrons. The lowest BCUT2D eigenvalue weighted by atomic mass is 9.96. The first-order valence-corrected chi connectivity index (χ1v) is 8.37. The fourth-order valence-electron chi connectivity index (χ4n) is 2.58. The minimum absolute atomic E-state index is 0.0189. The Morgan fingerprint density at radius 3 is 2.43 bits per heavy atom. The molecule has 4 heteroatoms. The van der Waals surface area contributed by atoms with Gasteiger partial charge in [0.1, 0.15) is 17.5 Å². The van der Waals surface area contributed by atoms with Gasteiger partial charge >= 0.3 is 0 Å². The van der Waals surface area contributed by atoms with Gasteiger partial charge in [0.2, 0.25) is 0 Å². The van der Waals surface area contributed by atoms with Crippen molar-refractivity contribution in [3.8, 4) is 0 Å². The Hall–Kier alpha value is -1.32. The van der Waals surface area contributed by atoms with Gasteiger partial charge in [-0.3, -0.25) is 0 Å². The lowest BCUT2D eigenvalue weighted by Crippen LogP contribution is -2.30. The van der Waals surface area contributed by atoms with Crippen LogP contribution in [0.25, 0.3) is 0 Å². The van der Waals surface area contributed by atoms with Crippen LogP contribution in [0.3, 0.4) is 0 Å². The highest BCUT2D eigenvalue weighted by Gasteiger charge is 2.35. The van der Waals surface area contributed by atoms with Crippen LogP contribution in [0.1, 0.15) is 59.2 Å². The number of aromatic nitrogens is 2. The van der Waals surface area contributed by atoms with Crippen LogP contribution in [0.15, 0.2) is 6.07 Å². The van der Waals surface area contributed by atoms with E-state index in [1.807, 2.05) is 0 Å². The topological polar surface area (TPSA) is 41.0 Å². The van der Waals surface area contributed by atoms with E-state index in [4.69, 9.17) is 9.97 Å². The second-order valence-corrected chi connectivity index (χ2v) is 7.54. The Balaban J connectivity index is 1.92. The van der Waals surface area contributed by atoms with Gasteiger partial charge in [-0.05, 0) is 38.5 Å². The monoisotopic (exact) mass is 288 g/mol. The van der Waals surface area contributed by atoms with Gasteiger partial charge < -0.3 is 10.2 Å². The van der Waals surface area contributed by atoms with E-state index in [-0.39, 0.29) is 5.41 Å². The molecule has 2 aliphatic rings. The summed E-state index contributed by atoms with van der Waals surface area (Å²) in [6.45, 7) is 10.7. The fourth-order valence-corrected chi connectivity index (χ4v) is 2.58. The minimum Gasteiger partial charge on any atom is -0.370 e. The van der Waals surface area contributed by atoms with E-state index in [0.717, 1.165) is 29.9 Å². The van der Waals surface area contributed by atoms with E-state index in [1.165, 1.54) is 32.2 Å². The number of rotatable bonds is 6. The van der Waals surface area contributed by atoms with E-state index < -0.39 is 0 Å². The molecule has 0 bridgehead atoms. The summed E-state index contributed by atoms with van der Waals surface area (Å²) in [5.41, 5.74) is -0.0189. The molecule has 2 fully saturated rings. The molecule has 0 amide bonds. The zero-order valence-corrected chi connectivity index (χ0v) is 13.8. The molecule has 1 N–H and O–H groups in total. The fraction of sp³-hybridized carbons (Fsp3) is 0.765. The molecule has 0 spiro atoms. The van der Waals surface area contributed by atoms with Gasteiger partial charge in [-0.15, -0.1) is 0 Å². The van der Waals surface area contributed by atoms with E-state index in [2.05, 4.69) is 44.0 Å². The first-order valence-electron chi connectivity index (χ1n) is 8.37. The third-order valence-electron chi connectivity index (χ3n) is 4.18. The Kier molecular flexibility index (Phi) is 3.80. The normalized spacial score (nSPS) is 18.7. The first-order chi connectivity index (χ1) is 9.97. The predicted molar refractivity (Wildman–Crippen MR) is 88.0 cm³/mol. The third-order valence-corrected chi connectivity index (χ3v) is 4.18. The van der Waals surface area contributed by atoms with Crippen LogP contribution in [0, 0.1) is 5.92 Å². The van der Waals surface area contributed by atoms with E-state index in [0.29, 0.717) is 6.04 Å². The van der Waals surface area contributed by atoms with Crippen LogP contribution in [-0.2, 0) is 5.41 Å². The van der Waals surface area contributed by atoms with Gasteiger partial charge in [-0.2, -0.15) is 0 Å². The second-order valence-electron chi connectivity index (χ2n) is 7.54. The molecule has 0 saturated heterocycles. The highest BCUT2D eigenvalue weighted by molar-refractivity contribution is 5.51. The average Bonchev–Trinajstić information content (AvgIpc) is 3.27. The Morgan fingerprint density at radius 1 is 1.19 bits per heavy atom. The summed E-state index contributed by atoms with van der Waals surface area (Å²) in [7, 11) is 0. The lowest BCUT2D eigenvalue weighted by Gasteiger charge is -2.26. The van der Waals surface area contributed by atoms with Crippen molar-refractivity contribution in [1.29, 1.82) is 0 Å². The maximum absolute atomic E-state index is 4.90. The highest BCUT2D eigenvalue weighted by atomic mass is 15.3. The summed E-state index contributed by atoms with van der Waals surface area (Å²) in [6, 6.07) is 2.85. The summed E-state index contributed by atoms with van der Waals surface area (Å²) in [4.78, 5) is 12.1. The number of nitrogens with one attached hydrogen (secondary N) is 1. The molecular weight excluding hydrogens is 260 g/mol. The van der Waals surface area contributed by atoms with Crippen molar-refractivity contribution in [2.24, 2.45) is 5.92 Å². The minimum atomic E-state index is -0.0189. The molecule has 116 valence electrons. The molecule has 1 aromatic heterocycles. The van der Waals surface area contributed by atoms with Crippen molar-refractivity contribution in [3.05, 3.63) is 11.9 Å². The molecule has 1 aromatic rings. The van der Waals surface area contributed by atoms with Gasteiger partial charge in [0.05, 0.1) is 0 Å². The zero-order chi connectivity index (χ0) is 15.0. The molecule has 0 atom stereocenters. The van der Waals surface area contributed by atoms with Crippen molar-refractivity contribution in [2.75, 3.05) is 23.3 Å². The largest absolute Gasteiger partial charge is 0.370 e. The SMILES string of the molecule is CCNc1cc(N(CC2CC2)C2CC2)nc(C(C)(C)C)n1. The third kappa shape index (κ3) is 3.66. The lowest BCUT2D eigenvalue weighted by molar-refractivity contribution is 0.543. The van der Waals surface area contributed by atoms with Gasteiger partial charge in [-0.25, -0.2) is 9.97 Å². The van der Waals surface area contributed by atoms with Gasteiger partial charge in [0.25, 0.3) is 0 Å². The van der Waals surface area contributed by atoms with Crippen molar-refractivity contribution < 1.29 is 0 Å². The first kappa shape index (κ1) is 14.6. The molecule has 2 aliphatic carbocycles. The number of hydrogen-bond acceptors (Lipinski definition) is 4. The molecule has 3 rings (SSSR count). The van der Waals surface area contributed by atoms with Crippen LogP contribution >= 0.6 is 0 Å². The molecule has 0 aromatic carbocycles. The second kappa shape index (κ2) is 5.47. The molecule has 2 saturated carbocycles. The summed E-state index contributed by atoms with van der Waals surface area (Å²) in [5.74, 6) is 3.92. The molecule has 1 heterocycles. The predicted octanol–water partition coefficient (Wildman–Crippen LogP) is 3.58. The van der Waals surface area contributed by atoms with Crippen molar-refractivity contribution in [1.82, 2.24) is 9.97 Å². The van der Waals surface area contributed by atoms with Crippen LogP contribution < -0.4 is 10.2 Å². The van der Waals surface area contributed by atoms with E-state index in [1.54, 1.807) is 0 Å². The van der Waals surface area contributed by atoms with E-state index in [9.17, 15) is 0 Å². The van der Waals surface area contributed by atoms with Crippen LogP contribution in [-0.4, -0.2) is 29.1 Å². The molecular formula is C17H28N4. The number of anilines is 2. The standard InChI is InChI=1S/C17H28N4/c1-5-18-14-10-15(20-16(19-14)17(2,3)4)21(13-8-9-13)11-12-6-7-12/h10,12-13H,5-9,11H2,1-4H3,(H,18,19,20). The van der Waals surface area contributed by atoms with Crippen LogP contribution in [0.5, 0.6) is 0 Å². The number of nitrogens with zero attached hydrogens (tertiary/aromatic N) is 3. The smallest absolute Gasteiger partial charge is 0.138 e. The van der Waals surface area contributed by atoms with E-state index >= 15 is 0 Å². The summed E-state index contributed by atoms with van der Waals surface area (Å²) in [5, 5.41) is 3.37. The maximum atomic E-state index is 4.90. The van der Waals surface area contributed by atoms with Gasteiger partial charge in [-0.1, -0.05) is 20.8 Å². The summed E-state index contributed by atoms with van der Waals surface area (Å²) in [6.07, 6.45) is 5.41. The molecule has 0 aliphatic heterocycles. The quantitative estimate of drug-likeness (QED) is 0.868. The Morgan fingerprint density at radius 2 is 1.90 bits per heavy atom. The van der Waals surface area contributed by atoms with Gasteiger partial charge in [0.15, 0.2) is 0 Å². The number of hydrogen-bond donors (Lipinski definition) is 1. The highest BCUT2D eigenvalue weighted by Crippen LogP contribution is 2.38. The van der Waals surface area contributed by atoms with Crippen molar-refractivity contribution in [2.45, 2.75) is 64.8 Å². The maximum Gasteiger partial charge on any atom is 0.138 e. The van der Waals surface area contributed by atoms with Crippen molar-refractivity contribution >= 4 is 11.6 Å². The Labute approximate surface area is 128 Å². The Bertz CT molecular complexity index is 498. The molecule has 0 unspecified atom stereocenters. The summed E-state index contributed by atoms with van der Waals surface area (Å²) < 4.78 is 0. The zero-order valence-electron chi connectivity index (χ0n) is 13.8. The molecule has 21 heavy (non-hydrogen) atoms. The van der Waals surface area contributed by atoms with Crippen LogP contribution in [0.4, 0.5) is 11.6 Å².